The second-order valence-corrected chi connectivity index (χ2v) is 6.59. The lowest BCUT2D eigenvalue weighted by Gasteiger charge is -2.28. The lowest BCUT2D eigenvalue weighted by atomic mass is 10.2. The molecule has 4 rings (SSSR count). The Bertz CT molecular complexity index is 960. The molecule has 0 amide bonds. The van der Waals surface area contributed by atoms with E-state index < -0.39 is 0 Å². The van der Waals surface area contributed by atoms with E-state index in [1.807, 2.05) is 54.6 Å². The Labute approximate surface area is 170 Å². The highest BCUT2D eigenvalue weighted by atomic mass is 16.5. The Kier molecular flexibility index (Phi) is 5.76. The van der Waals surface area contributed by atoms with Crippen LogP contribution in [0, 0.1) is 0 Å². The molecule has 2 aromatic carbocycles. The zero-order valence-corrected chi connectivity index (χ0v) is 16.6. The minimum Gasteiger partial charge on any atom is -0.497 e. The van der Waals surface area contributed by atoms with Gasteiger partial charge in [-0.15, -0.1) is 0 Å². The molecule has 0 radical (unpaired) electrons. The third kappa shape index (κ3) is 4.41. The molecule has 0 saturated carbocycles. The van der Waals surface area contributed by atoms with Gasteiger partial charge in [0.15, 0.2) is 5.82 Å². The predicted octanol–water partition coefficient (Wildman–Crippen LogP) is 3.74. The van der Waals surface area contributed by atoms with Crippen LogP contribution in [0.25, 0.3) is 11.4 Å². The van der Waals surface area contributed by atoms with Gasteiger partial charge < -0.3 is 24.4 Å². The zero-order chi connectivity index (χ0) is 20.1. The Hall–Kier alpha value is -3.32. The van der Waals surface area contributed by atoms with Crippen molar-refractivity contribution < 1.29 is 14.2 Å². The molecular formula is C22H24N4O3. The van der Waals surface area contributed by atoms with Gasteiger partial charge >= 0.3 is 0 Å². The van der Waals surface area contributed by atoms with Crippen LogP contribution < -0.4 is 19.7 Å². The molecule has 1 aliphatic heterocycles. The van der Waals surface area contributed by atoms with Crippen molar-refractivity contribution in [3.05, 3.63) is 54.6 Å². The van der Waals surface area contributed by atoms with E-state index in [2.05, 4.69) is 10.2 Å². The molecule has 0 atom stereocenters. The van der Waals surface area contributed by atoms with Crippen molar-refractivity contribution in [2.24, 2.45) is 0 Å². The van der Waals surface area contributed by atoms with Crippen LogP contribution in [0.2, 0.25) is 0 Å². The maximum Gasteiger partial charge on any atom is 0.163 e. The molecule has 1 aliphatic rings. The molecule has 2 heterocycles. The van der Waals surface area contributed by atoms with Crippen molar-refractivity contribution in [2.45, 2.75) is 0 Å². The Morgan fingerprint density at radius 2 is 1.72 bits per heavy atom. The summed E-state index contributed by atoms with van der Waals surface area (Å²) in [6.45, 7) is 2.98. The second kappa shape index (κ2) is 8.79. The van der Waals surface area contributed by atoms with Crippen LogP contribution in [0.4, 0.5) is 17.3 Å². The number of benzene rings is 2. The number of rotatable bonds is 6. The van der Waals surface area contributed by atoms with Gasteiger partial charge in [-0.1, -0.05) is 30.3 Å². The fraction of sp³-hybridized carbons (Fsp3) is 0.273. The topological polar surface area (TPSA) is 68.7 Å². The first-order valence-electron chi connectivity index (χ1n) is 9.53. The molecule has 1 aromatic heterocycles. The van der Waals surface area contributed by atoms with Gasteiger partial charge in [-0.2, -0.15) is 0 Å². The van der Waals surface area contributed by atoms with Gasteiger partial charge in [0.1, 0.15) is 23.1 Å². The van der Waals surface area contributed by atoms with Crippen molar-refractivity contribution in [3.8, 4) is 22.9 Å². The highest BCUT2D eigenvalue weighted by Crippen LogP contribution is 2.32. The highest BCUT2D eigenvalue weighted by Gasteiger charge is 2.16. The van der Waals surface area contributed by atoms with Gasteiger partial charge in [0.05, 0.1) is 33.1 Å². The number of ether oxygens (including phenoxy) is 3. The Morgan fingerprint density at radius 1 is 0.931 bits per heavy atom. The van der Waals surface area contributed by atoms with E-state index in [-0.39, 0.29) is 0 Å². The molecule has 1 fully saturated rings. The van der Waals surface area contributed by atoms with Crippen LogP contribution in [0.15, 0.2) is 54.6 Å². The van der Waals surface area contributed by atoms with Gasteiger partial charge in [0.2, 0.25) is 0 Å². The molecule has 7 nitrogen and oxygen atoms in total. The van der Waals surface area contributed by atoms with Crippen LogP contribution in [0.3, 0.4) is 0 Å². The fourth-order valence-corrected chi connectivity index (χ4v) is 3.22. The van der Waals surface area contributed by atoms with Crippen LogP contribution in [0.5, 0.6) is 11.5 Å². The molecule has 0 spiro atoms. The van der Waals surface area contributed by atoms with Crippen molar-refractivity contribution >= 4 is 17.3 Å². The lowest BCUT2D eigenvalue weighted by molar-refractivity contribution is 0.122. The van der Waals surface area contributed by atoms with Crippen molar-refractivity contribution in [1.82, 2.24) is 9.97 Å². The first-order chi connectivity index (χ1) is 14.3. The molecule has 3 aromatic rings. The van der Waals surface area contributed by atoms with Gasteiger partial charge in [0, 0.05) is 30.8 Å². The molecule has 0 bridgehead atoms. The third-order valence-corrected chi connectivity index (χ3v) is 4.75. The number of hydrogen-bond donors (Lipinski definition) is 1. The Morgan fingerprint density at radius 3 is 2.45 bits per heavy atom. The molecule has 1 N–H and O–H groups in total. The number of morpholine rings is 1. The minimum atomic E-state index is 0.666. The van der Waals surface area contributed by atoms with E-state index in [1.165, 1.54) is 0 Å². The van der Waals surface area contributed by atoms with Crippen LogP contribution in [-0.2, 0) is 4.74 Å². The molecular weight excluding hydrogens is 368 g/mol. The maximum absolute atomic E-state index is 5.49. The molecule has 0 aliphatic carbocycles. The predicted molar refractivity (Wildman–Crippen MR) is 113 cm³/mol. The lowest BCUT2D eigenvalue weighted by Crippen LogP contribution is -2.36. The average Bonchev–Trinajstić information content (AvgIpc) is 2.80. The highest BCUT2D eigenvalue weighted by molar-refractivity contribution is 5.70. The van der Waals surface area contributed by atoms with Gasteiger partial charge in [0.25, 0.3) is 0 Å². The van der Waals surface area contributed by atoms with Crippen LogP contribution >= 0.6 is 0 Å². The molecule has 7 heteroatoms. The second-order valence-electron chi connectivity index (χ2n) is 6.59. The zero-order valence-electron chi connectivity index (χ0n) is 16.6. The summed E-state index contributed by atoms with van der Waals surface area (Å²) < 4.78 is 16.3. The molecule has 1 saturated heterocycles. The number of nitrogens with zero attached hydrogens (tertiary/aromatic N) is 3. The Balaban J connectivity index is 1.74. The summed E-state index contributed by atoms with van der Waals surface area (Å²) in [6, 6.07) is 17.5. The summed E-state index contributed by atoms with van der Waals surface area (Å²) in [4.78, 5) is 11.8. The number of hydrogen-bond acceptors (Lipinski definition) is 7. The number of aromatic nitrogens is 2. The smallest absolute Gasteiger partial charge is 0.163 e. The summed E-state index contributed by atoms with van der Waals surface area (Å²) in [5.74, 6) is 3.66. The first-order valence-corrected chi connectivity index (χ1v) is 9.53. The maximum atomic E-state index is 5.49. The number of anilines is 3. The quantitative estimate of drug-likeness (QED) is 0.685. The minimum absolute atomic E-state index is 0.666. The van der Waals surface area contributed by atoms with E-state index in [0.29, 0.717) is 30.6 Å². The largest absolute Gasteiger partial charge is 0.497 e. The van der Waals surface area contributed by atoms with Crippen LogP contribution in [0.1, 0.15) is 0 Å². The number of methoxy groups -OCH3 is 2. The normalized spacial score (nSPS) is 13.8. The summed E-state index contributed by atoms with van der Waals surface area (Å²) in [6.07, 6.45) is 0. The molecule has 150 valence electrons. The third-order valence-electron chi connectivity index (χ3n) is 4.75. The average molecular weight is 392 g/mol. The van der Waals surface area contributed by atoms with Gasteiger partial charge in [-0.25, -0.2) is 9.97 Å². The SMILES string of the molecule is COc1ccc(OC)c(Nc2cc(N3CCOCC3)nc(-c3ccccc3)n2)c1. The van der Waals surface area contributed by atoms with Crippen molar-refractivity contribution in [1.29, 1.82) is 0 Å². The monoisotopic (exact) mass is 392 g/mol. The van der Waals surface area contributed by atoms with E-state index in [0.717, 1.165) is 35.9 Å². The van der Waals surface area contributed by atoms with Crippen molar-refractivity contribution in [3.63, 3.8) is 0 Å². The molecule has 0 unspecified atom stereocenters. The standard InChI is InChI=1S/C22H24N4O3/c1-27-17-8-9-19(28-2)18(14-17)23-20-15-21(26-10-12-29-13-11-26)25-22(24-20)16-6-4-3-5-7-16/h3-9,14-15H,10-13H2,1-2H3,(H,23,24,25). The van der Waals surface area contributed by atoms with E-state index >= 15 is 0 Å². The summed E-state index contributed by atoms with van der Waals surface area (Å²) in [5.41, 5.74) is 1.74. The van der Waals surface area contributed by atoms with E-state index in [1.54, 1.807) is 14.2 Å². The van der Waals surface area contributed by atoms with Crippen molar-refractivity contribution in [2.75, 3.05) is 50.7 Å². The van der Waals surface area contributed by atoms with Crippen LogP contribution in [-0.4, -0.2) is 50.5 Å². The fourth-order valence-electron chi connectivity index (χ4n) is 3.22. The van der Waals surface area contributed by atoms with Gasteiger partial charge in [-0.3, -0.25) is 0 Å². The van der Waals surface area contributed by atoms with E-state index in [4.69, 9.17) is 24.2 Å². The molecule has 29 heavy (non-hydrogen) atoms. The first kappa shape index (κ1) is 19.0. The van der Waals surface area contributed by atoms with Gasteiger partial charge in [-0.05, 0) is 12.1 Å². The number of nitrogens with one attached hydrogen (secondary N) is 1. The summed E-state index contributed by atoms with van der Waals surface area (Å²) in [7, 11) is 3.28. The van der Waals surface area contributed by atoms with E-state index in [9.17, 15) is 0 Å². The summed E-state index contributed by atoms with van der Waals surface area (Å²) >= 11 is 0. The summed E-state index contributed by atoms with van der Waals surface area (Å²) in [5, 5.41) is 3.37.